The van der Waals surface area contributed by atoms with Crippen LogP contribution in [0.15, 0.2) is 24.4 Å². The van der Waals surface area contributed by atoms with Crippen molar-refractivity contribution in [2.75, 3.05) is 30.9 Å². The van der Waals surface area contributed by atoms with E-state index in [1.807, 2.05) is 49.7 Å². The fourth-order valence-electron chi connectivity index (χ4n) is 2.39. The molecule has 0 fully saturated rings. The summed E-state index contributed by atoms with van der Waals surface area (Å²) in [6.07, 6.45) is 1.65. The smallest absolute Gasteiger partial charge is 0.319 e. The molecule has 2 rings (SSSR count). The van der Waals surface area contributed by atoms with Gasteiger partial charge in [0.05, 0.1) is 17.6 Å². The molecule has 0 spiro atoms. The first-order valence-corrected chi connectivity index (χ1v) is 8.04. The van der Waals surface area contributed by atoms with E-state index in [4.69, 9.17) is 0 Å². The van der Waals surface area contributed by atoms with E-state index >= 15 is 0 Å². The monoisotopic (exact) mass is 330 g/mol. The van der Waals surface area contributed by atoms with Gasteiger partial charge in [0.25, 0.3) is 0 Å². The quantitative estimate of drug-likeness (QED) is 0.853. The summed E-state index contributed by atoms with van der Waals surface area (Å²) in [5, 5.41) is 10.1. The van der Waals surface area contributed by atoms with Crippen molar-refractivity contribution >= 4 is 17.5 Å². The molecule has 0 saturated carbocycles. The Labute approximate surface area is 143 Å². The topological polar surface area (TPSA) is 75.1 Å². The first-order valence-electron chi connectivity index (χ1n) is 8.04. The lowest BCUT2D eigenvalue weighted by Gasteiger charge is -2.15. The zero-order valence-electron chi connectivity index (χ0n) is 15.0. The molecule has 24 heavy (non-hydrogen) atoms. The largest absolute Gasteiger partial charge is 0.363 e. The zero-order valence-corrected chi connectivity index (χ0v) is 15.0. The van der Waals surface area contributed by atoms with Crippen molar-refractivity contribution in [2.45, 2.75) is 27.3 Å². The standard InChI is InChI=1S/C17H26N6O/c1-12(11-23-14(3)8-13(2)21-23)9-19-17(24)20-15-6-7-16(18-10-15)22(4)5/h6-8,10,12H,9,11H2,1-5H3,(H2,19,20,24)/t12-/m0/s1. The maximum Gasteiger partial charge on any atom is 0.319 e. The number of carbonyl (C=O) groups excluding carboxylic acids is 1. The van der Waals surface area contributed by atoms with Gasteiger partial charge >= 0.3 is 6.03 Å². The van der Waals surface area contributed by atoms with E-state index in [9.17, 15) is 4.79 Å². The summed E-state index contributed by atoms with van der Waals surface area (Å²) in [4.78, 5) is 18.1. The van der Waals surface area contributed by atoms with E-state index < -0.39 is 0 Å². The second-order valence-electron chi connectivity index (χ2n) is 6.35. The van der Waals surface area contributed by atoms with Crippen LogP contribution >= 0.6 is 0 Å². The van der Waals surface area contributed by atoms with Gasteiger partial charge in [0.1, 0.15) is 5.82 Å². The van der Waals surface area contributed by atoms with Crippen molar-refractivity contribution in [3.63, 3.8) is 0 Å². The molecule has 2 heterocycles. The summed E-state index contributed by atoms with van der Waals surface area (Å²) in [7, 11) is 3.85. The second kappa shape index (κ2) is 7.81. The Morgan fingerprint density at radius 1 is 1.33 bits per heavy atom. The Balaban J connectivity index is 1.79. The van der Waals surface area contributed by atoms with Gasteiger partial charge in [-0.15, -0.1) is 0 Å². The molecule has 2 aromatic heterocycles. The molecule has 0 unspecified atom stereocenters. The number of nitrogens with one attached hydrogen (secondary N) is 2. The fourth-order valence-corrected chi connectivity index (χ4v) is 2.39. The van der Waals surface area contributed by atoms with E-state index in [2.05, 4.69) is 33.7 Å². The van der Waals surface area contributed by atoms with Crippen LogP contribution < -0.4 is 15.5 Å². The van der Waals surface area contributed by atoms with Crippen molar-refractivity contribution in [3.05, 3.63) is 35.8 Å². The van der Waals surface area contributed by atoms with E-state index in [-0.39, 0.29) is 11.9 Å². The molecule has 0 aliphatic carbocycles. The van der Waals surface area contributed by atoms with Crippen molar-refractivity contribution < 1.29 is 4.79 Å². The van der Waals surface area contributed by atoms with Crippen LogP contribution in [0.1, 0.15) is 18.3 Å². The number of nitrogens with zero attached hydrogens (tertiary/aromatic N) is 4. The number of amides is 2. The van der Waals surface area contributed by atoms with Crippen LogP contribution in [-0.4, -0.2) is 41.4 Å². The maximum atomic E-state index is 12.0. The fraction of sp³-hybridized carbons (Fsp3) is 0.471. The number of rotatable bonds is 6. The Morgan fingerprint density at radius 3 is 2.62 bits per heavy atom. The molecule has 7 nitrogen and oxygen atoms in total. The molecule has 130 valence electrons. The number of hydrogen-bond donors (Lipinski definition) is 2. The predicted octanol–water partition coefficient (Wildman–Crippen LogP) is 2.42. The van der Waals surface area contributed by atoms with Gasteiger partial charge < -0.3 is 15.5 Å². The summed E-state index contributed by atoms with van der Waals surface area (Å²) in [5.41, 5.74) is 2.82. The van der Waals surface area contributed by atoms with Crippen LogP contribution in [0.5, 0.6) is 0 Å². The molecule has 2 aromatic rings. The lowest BCUT2D eigenvalue weighted by atomic mass is 10.2. The Bertz CT molecular complexity index is 677. The Hall–Kier alpha value is -2.57. The molecular weight excluding hydrogens is 304 g/mol. The third-order valence-corrected chi connectivity index (χ3v) is 3.66. The highest BCUT2D eigenvalue weighted by Gasteiger charge is 2.09. The second-order valence-corrected chi connectivity index (χ2v) is 6.35. The van der Waals surface area contributed by atoms with Gasteiger partial charge in [-0.25, -0.2) is 9.78 Å². The van der Waals surface area contributed by atoms with Crippen LogP contribution in [-0.2, 0) is 6.54 Å². The Kier molecular flexibility index (Phi) is 5.78. The highest BCUT2D eigenvalue weighted by Crippen LogP contribution is 2.11. The summed E-state index contributed by atoms with van der Waals surface area (Å²) in [6.45, 7) is 7.46. The predicted molar refractivity (Wildman–Crippen MR) is 96.5 cm³/mol. The molecule has 7 heteroatoms. The normalized spacial score (nSPS) is 11.9. The number of urea groups is 1. The number of hydrogen-bond acceptors (Lipinski definition) is 4. The van der Waals surface area contributed by atoms with Crippen molar-refractivity contribution in [2.24, 2.45) is 5.92 Å². The van der Waals surface area contributed by atoms with Crippen LogP contribution in [0.4, 0.5) is 16.3 Å². The number of aromatic nitrogens is 3. The molecule has 0 aromatic carbocycles. The zero-order chi connectivity index (χ0) is 17.7. The molecule has 2 N–H and O–H groups in total. The van der Waals surface area contributed by atoms with E-state index in [0.717, 1.165) is 23.8 Å². The van der Waals surface area contributed by atoms with Gasteiger partial charge in [-0.2, -0.15) is 5.10 Å². The number of aryl methyl sites for hydroxylation is 2. The van der Waals surface area contributed by atoms with Gasteiger partial charge in [-0.05, 0) is 38.0 Å². The van der Waals surface area contributed by atoms with Gasteiger partial charge in [0.2, 0.25) is 0 Å². The minimum Gasteiger partial charge on any atom is -0.363 e. The number of pyridine rings is 1. The number of anilines is 2. The summed E-state index contributed by atoms with van der Waals surface area (Å²) < 4.78 is 1.98. The first kappa shape index (κ1) is 17.8. The molecule has 1 atom stereocenters. The molecular formula is C17H26N6O. The molecule has 0 aliphatic heterocycles. The summed E-state index contributed by atoms with van der Waals surface area (Å²) in [5.74, 6) is 1.13. The van der Waals surface area contributed by atoms with Crippen LogP contribution in [0, 0.1) is 19.8 Å². The van der Waals surface area contributed by atoms with Crippen LogP contribution in [0.25, 0.3) is 0 Å². The average Bonchev–Trinajstić information content (AvgIpc) is 2.83. The highest BCUT2D eigenvalue weighted by molar-refractivity contribution is 5.89. The van der Waals surface area contributed by atoms with Gasteiger partial charge in [0.15, 0.2) is 0 Å². The molecule has 2 amide bonds. The summed E-state index contributed by atoms with van der Waals surface area (Å²) in [6, 6.07) is 5.52. The summed E-state index contributed by atoms with van der Waals surface area (Å²) >= 11 is 0. The van der Waals surface area contributed by atoms with E-state index in [1.54, 1.807) is 6.20 Å². The van der Waals surface area contributed by atoms with Gasteiger partial charge in [0, 0.05) is 32.9 Å². The van der Waals surface area contributed by atoms with Crippen LogP contribution in [0.3, 0.4) is 0 Å². The van der Waals surface area contributed by atoms with Crippen molar-refractivity contribution in [1.82, 2.24) is 20.1 Å². The Morgan fingerprint density at radius 2 is 2.08 bits per heavy atom. The first-order chi connectivity index (χ1) is 11.3. The molecule has 0 aliphatic rings. The highest BCUT2D eigenvalue weighted by atomic mass is 16.2. The molecule has 0 saturated heterocycles. The maximum absolute atomic E-state index is 12.0. The number of carbonyl (C=O) groups is 1. The van der Waals surface area contributed by atoms with Crippen molar-refractivity contribution in [3.8, 4) is 0 Å². The SMILES string of the molecule is Cc1cc(C)n(C[C@@H](C)CNC(=O)Nc2ccc(N(C)C)nc2)n1. The van der Waals surface area contributed by atoms with Crippen LogP contribution in [0.2, 0.25) is 0 Å². The van der Waals surface area contributed by atoms with Crippen molar-refractivity contribution in [1.29, 1.82) is 0 Å². The van der Waals surface area contributed by atoms with E-state index in [1.165, 1.54) is 0 Å². The third kappa shape index (κ3) is 4.97. The lowest BCUT2D eigenvalue weighted by Crippen LogP contribution is -2.33. The molecule has 0 bridgehead atoms. The minimum absolute atomic E-state index is 0.227. The van der Waals surface area contributed by atoms with E-state index in [0.29, 0.717) is 12.2 Å². The minimum atomic E-state index is -0.227. The van der Waals surface area contributed by atoms with Gasteiger partial charge in [-0.1, -0.05) is 6.92 Å². The molecule has 0 radical (unpaired) electrons. The average molecular weight is 330 g/mol. The lowest BCUT2D eigenvalue weighted by molar-refractivity contribution is 0.249. The third-order valence-electron chi connectivity index (χ3n) is 3.66. The van der Waals surface area contributed by atoms with Gasteiger partial charge in [-0.3, -0.25) is 4.68 Å².